The van der Waals surface area contributed by atoms with E-state index in [0.29, 0.717) is 25.6 Å². The van der Waals surface area contributed by atoms with E-state index in [9.17, 15) is 8.78 Å². The van der Waals surface area contributed by atoms with E-state index in [0.717, 1.165) is 6.42 Å². The molecule has 0 spiro atoms. The summed E-state index contributed by atoms with van der Waals surface area (Å²) in [5, 5.41) is 0. The second-order valence-corrected chi connectivity index (χ2v) is 3.68. The summed E-state index contributed by atoms with van der Waals surface area (Å²) in [5.74, 6) is 0.320. The van der Waals surface area contributed by atoms with Crippen LogP contribution in [0.2, 0.25) is 0 Å². The predicted molar refractivity (Wildman–Crippen MR) is 55.1 cm³/mol. The normalized spacial score (nSPS) is 15.6. The average molecular weight is 225 g/mol. The summed E-state index contributed by atoms with van der Waals surface area (Å²) in [7, 11) is 1.64. The molecule has 2 unspecified atom stereocenters. The van der Waals surface area contributed by atoms with Crippen molar-refractivity contribution in [3.63, 3.8) is 0 Å². The van der Waals surface area contributed by atoms with Crippen LogP contribution in [0, 0.1) is 5.92 Å². The lowest BCUT2D eigenvalue weighted by Gasteiger charge is -2.19. The lowest BCUT2D eigenvalue weighted by atomic mass is 9.97. The first kappa shape index (κ1) is 14.7. The molecule has 0 aliphatic rings. The van der Waals surface area contributed by atoms with Gasteiger partial charge < -0.3 is 15.2 Å². The van der Waals surface area contributed by atoms with Gasteiger partial charge in [0.1, 0.15) is 6.61 Å². The maximum Gasteiger partial charge on any atom is 0.261 e. The highest BCUT2D eigenvalue weighted by atomic mass is 19.3. The molecule has 0 aliphatic heterocycles. The third kappa shape index (κ3) is 8.72. The summed E-state index contributed by atoms with van der Waals surface area (Å²) in [6.45, 7) is 2.49. The van der Waals surface area contributed by atoms with Crippen LogP contribution in [0.25, 0.3) is 0 Å². The van der Waals surface area contributed by atoms with Crippen LogP contribution >= 0.6 is 0 Å². The lowest BCUT2D eigenvalue weighted by Crippen LogP contribution is -2.30. The number of nitrogens with two attached hydrogens (primary N) is 1. The van der Waals surface area contributed by atoms with Crippen molar-refractivity contribution in [2.45, 2.75) is 32.2 Å². The molecular weight excluding hydrogens is 204 g/mol. The molecular formula is C10H21F2NO2. The Bertz CT molecular complexity index is 147. The van der Waals surface area contributed by atoms with E-state index in [-0.39, 0.29) is 6.04 Å². The Balaban J connectivity index is 3.42. The van der Waals surface area contributed by atoms with E-state index in [1.165, 1.54) is 0 Å². The summed E-state index contributed by atoms with van der Waals surface area (Å²) in [5.41, 5.74) is 5.85. The van der Waals surface area contributed by atoms with Crippen LogP contribution in [0.3, 0.4) is 0 Å². The molecule has 0 aromatic rings. The van der Waals surface area contributed by atoms with Gasteiger partial charge in [0, 0.05) is 26.4 Å². The maximum atomic E-state index is 11.7. The molecule has 0 bridgehead atoms. The molecule has 2 atom stereocenters. The van der Waals surface area contributed by atoms with Crippen LogP contribution in [0.4, 0.5) is 8.78 Å². The molecule has 0 aliphatic carbocycles. The summed E-state index contributed by atoms with van der Waals surface area (Å²) in [4.78, 5) is 0. The third-order valence-electron chi connectivity index (χ3n) is 2.35. The van der Waals surface area contributed by atoms with Crippen molar-refractivity contribution >= 4 is 0 Å². The molecule has 0 aromatic carbocycles. The van der Waals surface area contributed by atoms with Crippen LogP contribution < -0.4 is 5.73 Å². The second-order valence-electron chi connectivity index (χ2n) is 3.68. The molecule has 2 N–H and O–H groups in total. The molecule has 0 saturated heterocycles. The van der Waals surface area contributed by atoms with E-state index >= 15 is 0 Å². The van der Waals surface area contributed by atoms with Crippen molar-refractivity contribution < 1.29 is 18.3 Å². The zero-order valence-electron chi connectivity index (χ0n) is 9.42. The van der Waals surface area contributed by atoms with Crippen molar-refractivity contribution in [1.82, 2.24) is 0 Å². The van der Waals surface area contributed by atoms with Gasteiger partial charge in [-0.2, -0.15) is 0 Å². The van der Waals surface area contributed by atoms with Gasteiger partial charge in [-0.15, -0.1) is 0 Å². The summed E-state index contributed by atoms with van der Waals surface area (Å²) >= 11 is 0. The Hall–Kier alpha value is -0.260. The molecule has 0 heterocycles. The fourth-order valence-electron chi connectivity index (χ4n) is 1.19. The molecule has 3 nitrogen and oxygen atoms in total. The molecule has 0 rings (SSSR count). The van der Waals surface area contributed by atoms with Gasteiger partial charge in [0.15, 0.2) is 0 Å². The highest BCUT2D eigenvalue weighted by molar-refractivity contribution is 4.68. The number of methoxy groups -OCH3 is 1. The quantitative estimate of drug-likeness (QED) is 0.607. The number of hydrogen-bond acceptors (Lipinski definition) is 3. The Labute approximate surface area is 89.9 Å². The zero-order chi connectivity index (χ0) is 11.7. The SMILES string of the molecule is COCCC(C)C(N)CCOCC(F)F. The number of halogens is 2. The van der Waals surface area contributed by atoms with Crippen molar-refractivity contribution in [3.8, 4) is 0 Å². The first-order valence-corrected chi connectivity index (χ1v) is 5.18. The van der Waals surface area contributed by atoms with E-state index in [1.807, 2.05) is 6.92 Å². The molecule has 0 radical (unpaired) electrons. The molecule has 0 amide bonds. The highest BCUT2D eigenvalue weighted by Gasteiger charge is 2.12. The van der Waals surface area contributed by atoms with Gasteiger partial charge in [-0.25, -0.2) is 8.78 Å². The fourth-order valence-corrected chi connectivity index (χ4v) is 1.19. The Kier molecular flexibility index (Phi) is 8.85. The second kappa shape index (κ2) is 9.00. The van der Waals surface area contributed by atoms with E-state index in [4.69, 9.17) is 15.2 Å². The fraction of sp³-hybridized carbons (Fsp3) is 1.00. The van der Waals surface area contributed by atoms with Gasteiger partial charge in [-0.3, -0.25) is 0 Å². The molecule has 0 fully saturated rings. The number of alkyl halides is 2. The van der Waals surface area contributed by atoms with Crippen molar-refractivity contribution in [2.24, 2.45) is 11.7 Å². The molecule has 5 heteroatoms. The van der Waals surface area contributed by atoms with Crippen LogP contribution in [-0.2, 0) is 9.47 Å². The van der Waals surface area contributed by atoms with Gasteiger partial charge >= 0.3 is 0 Å². The zero-order valence-corrected chi connectivity index (χ0v) is 9.42. The predicted octanol–water partition coefficient (Wildman–Crippen LogP) is 1.66. The van der Waals surface area contributed by atoms with Crippen molar-refractivity contribution in [1.29, 1.82) is 0 Å². The van der Waals surface area contributed by atoms with Gasteiger partial charge in [0.2, 0.25) is 0 Å². The molecule has 92 valence electrons. The smallest absolute Gasteiger partial charge is 0.261 e. The summed E-state index contributed by atoms with van der Waals surface area (Å²) in [6.07, 6.45) is -0.906. The van der Waals surface area contributed by atoms with E-state index in [2.05, 4.69) is 0 Å². The standard InChI is InChI=1S/C10H21F2NO2/c1-8(3-5-14-2)9(13)4-6-15-7-10(11)12/h8-10H,3-7,13H2,1-2H3. The largest absolute Gasteiger partial charge is 0.385 e. The van der Waals surface area contributed by atoms with E-state index < -0.39 is 13.0 Å². The van der Waals surface area contributed by atoms with Crippen LogP contribution in [0.15, 0.2) is 0 Å². The average Bonchev–Trinajstić information content (AvgIpc) is 2.20. The van der Waals surface area contributed by atoms with E-state index in [1.54, 1.807) is 7.11 Å². The highest BCUT2D eigenvalue weighted by Crippen LogP contribution is 2.09. The Morgan fingerprint density at radius 1 is 1.20 bits per heavy atom. The lowest BCUT2D eigenvalue weighted by molar-refractivity contribution is 0.0137. The minimum absolute atomic E-state index is 0.0159. The molecule has 0 aromatic heterocycles. The van der Waals surface area contributed by atoms with Gasteiger partial charge in [-0.05, 0) is 18.8 Å². The van der Waals surface area contributed by atoms with Gasteiger partial charge in [-0.1, -0.05) is 6.92 Å². The minimum atomic E-state index is -2.40. The number of rotatable bonds is 9. The maximum absolute atomic E-state index is 11.7. The Morgan fingerprint density at radius 3 is 2.40 bits per heavy atom. The van der Waals surface area contributed by atoms with Gasteiger partial charge in [0.05, 0.1) is 0 Å². The van der Waals surface area contributed by atoms with Crippen molar-refractivity contribution in [3.05, 3.63) is 0 Å². The van der Waals surface area contributed by atoms with Gasteiger partial charge in [0.25, 0.3) is 6.43 Å². The first-order valence-electron chi connectivity index (χ1n) is 5.18. The Morgan fingerprint density at radius 2 is 1.87 bits per heavy atom. The monoisotopic (exact) mass is 225 g/mol. The van der Waals surface area contributed by atoms with Crippen LogP contribution in [0.5, 0.6) is 0 Å². The summed E-state index contributed by atoms with van der Waals surface area (Å²) in [6, 6.07) is -0.0159. The van der Waals surface area contributed by atoms with Crippen LogP contribution in [-0.4, -0.2) is 39.4 Å². The third-order valence-corrected chi connectivity index (χ3v) is 2.35. The minimum Gasteiger partial charge on any atom is -0.385 e. The van der Waals surface area contributed by atoms with Crippen LogP contribution in [0.1, 0.15) is 19.8 Å². The first-order chi connectivity index (χ1) is 7.07. The summed E-state index contributed by atoms with van der Waals surface area (Å²) < 4.78 is 33.1. The number of hydrogen-bond donors (Lipinski definition) is 1. The number of ether oxygens (including phenoxy) is 2. The molecule has 0 saturated carbocycles. The van der Waals surface area contributed by atoms with Crippen molar-refractivity contribution in [2.75, 3.05) is 26.9 Å². The molecule has 15 heavy (non-hydrogen) atoms. The topological polar surface area (TPSA) is 44.5 Å².